The van der Waals surface area contributed by atoms with E-state index in [4.69, 9.17) is 19.9 Å². The molecule has 0 aliphatic carbocycles. The molecule has 8 heteroatoms. The second kappa shape index (κ2) is 8.08. The first-order valence-electron chi connectivity index (χ1n) is 6.57. The third-order valence-corrected chi connectivity index (χ3v) is 2.89. The molecule has 0 bridgehead atoms. The topological polar surface area (TPSA) is 103 Å². The Morgan fingerprint density at radius 2 is 1.68 bits per heavy atom. The van der Waals surface area contributed by atoms with Crippen molar-refractivity contribution in [3.05, 3.63) is 12.1 Å². The van der Waals surface area contributed by atoms with E-state index in [0.29, 0.717) is 22.9 Å². The average Bonchev–Trinajstić information content (AvgIpc) is 2.50. The number of anilines is 1. The minimum absolute atomic E-state index is 0.131. The molecule has 3 amide bonds. The summed E-state index contributed by atoms with van der Waals surface area (Å²) in [5.41, 5.74) is 5.80. The van der Waals surface area contributed by atoms with E-state index in [1.54, 1.807) is 12.1 Å². The van der Waals surface area contributed by atoms with Gasteiger partial charge in [0.15, 0.2) is 11.5 Å². The van der Waals surface area contributed by atoms with Gasteiger partial charge in [-0.2, -0.15) is 0 Å². The lowest BCUT2D eigenvalue weighted by molar-refractivity contribution is -0.125. The van der Waals surface area contributed by atoms with E-state index in [1.807, 2.05) is 0 Å². The zero-order valence-electron chi connectivity index (χ0n) is 13.1. The Morgan fingerprint density at radius 3 is 2.05 bits per heavy atom. The molecule has 122 valence electrons. The van der Waals surface area contributed by atoms with Crippen molar-refractivity contribution >= 4 is 17.6 Å². The fraction of sp³-hybridized carbons (Fsp3) is 0.429. The predicted octanol–water partition coefficient (Wildman–Crippen LogP) is 1.05. The van der Waals surface area contributed by atoms with Crippen molar-refractivity contribution in [2.75, 3.05) is 39.7 Å². The van der Waals surface area contributed by atoms with Gasteiger partial charge in [0.2, 0.25) is 11.7 Å². The summed E-state index contributed by atoms with van der Waals surface area (Å²) < 4.78 is 15.6. The Labute approximate surface area is 129 Å². The number of carbonyl (C=O) groups excluding carboxylic acids is 2. The molecular formula is C14H21N3O5. The zero-order chi connectivity index (χ0) is 16.7. The molecule has 0 saturated heterocycles. The Hall–Kier alpha value is -2.48. The van der Waals surface area contributed by atoms with E-state index in [0.717, 1.165) is 4.90 Å². The number of ether oxygens (including phenoxy) is 3. The Balaban J connectivity index is 3.07. The second-order valence-corrected chi connectivity index (χ2v) is 4.30. The molecule has 0 unspecified atom stereocenters. The Morgan fingerprint density at radius 1 is 1.14 bits per heavy atom. The van der Waals surface area contributed by atoms with Crippen LogP contribution in [-0.4, -0.2) is 51.3 Å². The van der Waals surface area contributed by atoms with E-state index in [1.165, 1.54) is 28.3 Å². The van der Waals surface area contributed by atoms with Crippen LogP contribution in [-0.2, 0) is 4.79 Å². The van der Waals surface area contributed by atoms with Crippen molar-refractivity contribution in [3.63, 3.8) is 0 Å². The van der Waals surface area contributed by atoms with Crippen LogP contribution in [0, 0.1) is 0 Å². The molecule has 0 fully saturated rings. The summed E-state index contributed by atoms with van der Waals surface area (Å²) in [6.45, 7) is 1.61. The minimum atomic E-state index is -0.577. The van der Waals surface area contributed by atoms with Crippen LogP contribution in [0.15, 0.2) is 12.1 Å². The number of rotatable bonds is 6. The van der Waals surface area contributed by atoms with Gasteiger partial charge in [0, 0.05) is 32.1 Å². The maximum absolute atomic E-state index is 12.1. The van der Waals surface area contributed by atoms with Gasteiger partial charge >= 0.3 is 6.03 Å². The zero-order valence-corrected chi connectivity index (χ0v) is 13.1. The van der Waals surface area contributed by atoms with E-state index in [-0.39, 0.29) is 13.1 Å². The van der Waals surface area contributed by atoms with E-state index in [2.05, 4.69) is 5.32 Å². The van der Waals surface area contributed by atoms with Gasteiger partial charge in [0.05, 0.1) is 27.0 Å². The molecule has 0 spiro atoms. The van der Waals surface area contributed by atoms with Crippen LogP contribution < -0.4 is 25.3 Å². The second-order valence-electron chi connectivity index (χ2n) is 4.30. The molecule has 0 aromatic heterocycles. The summed E-state index contributed by atoms with van der Waals surface area (Å²) in [6, 6.07) is 2.56. The van der Waals surface area contributed by atoms with Crippen LogP contribution in [0.5, 0.6) is 17.2 Å². The number of carbonyl (C=O) groups is 2. The van der Waals surface area contributed by atoms with Crippen molar-refractivity contribution < 1.29 is 23.8 Å². The van der Waals surface area contributed by atoms with Gasteiger partial charge in [-0.15, -0.1) is 0 Å². The molecule has 0 radical (unpaired) electrons. The molecule has 3 N–H and O–H groups in total. The summed E-state index contributed by atoms with van der Waals surface area (Å²) in [7, 11) is 4.43. The highest BCUT2D eigenvalue weighted by molar-refractivity contribution is 6.00. The van der Waals surface area contributed by atoms with E-state index in [9.17, 15) is 9.59 Å². The average molecular weight is 311 g/mol. The van der Waals surface area contributed by atoms with Gasteiger partial charge in [-0.1, -0.05) is 0 Å². The maximum atomic E-state index is 12.1. The lowest BCUT2D eigenvalue weighted by atomic mass is 10.2. The molecule has 0 aliphatic rings. The van der Waals surface area contributed by atoms with E-state index < -0.39 is 11.9 Å². The third-order valence-electron chi connectivity index (χ3n) is 2.89. The number of nitrogens with zero attached hydrogens (tertiary/aromatic N) is 1. The van der Waals surface area contributed by atoms with Crippen LogP contribution in [0.1, 0.15) is 6.92 Å². The third kappa shape index (κ3) is 4.01. The highest BCUT2D eigenvalue weighted by Gasteiger charge is 2.19. The fourth-order valence-electron chi connectivity index (χ4n) is 1.88. The normalized spacial score (nSPS) is 9.86. The Bertz CT molecular complexity index is 522. The quantitative estimate of drug-likeness (QED) is 0.814. The number of hydrogen-bond donors (Lipinski definition) is 2. The first-order valence-corrected chi connectivity index (χ1v) is 6.57. The summed E-state index contributed by atoms with van der Waals surface area (Å²) in [4.78, 5) is 24.6. The summed E-state index contributed by atoms with van der Waals surface area (Å²) in [6.07, 6.45) is 0. The van der Waals surface area contributed by atoms with Gasteiger partial charge in [-0.3, -0.25) is 9.69 Å². The van der Waals surface area contributed by atoms with Crippen molar-refractivity contribution in [1.29, 1.82) is 0 Å². The van der Waals surface area contributed by atoms with Gasteiger partial charge in [-0.05, 0) is 0 Å². The molecule has 8 nitrogen and oxygen atoms in total. The lowest BCUT2D eigenvalue weighted by Crippen LogP contribution is -2.41. The number of hydrogen-bond acceptors (Lipinski definition) is 6. The number of methoxy groups -OCH3 is 3. The Kier molecular flexibility index (Phi) is 6.46. The molecule has 0 heterocycles. The molecular weight excluding hydrogens is 290 g/mol. The molecule has 1 rings (SSSR count). The maximum Gasteiger partial charge on any atom is 0.328 e. The van der Waals surface area contributed by atoms with Crippen LogP contribution in [0.2, 0.25) is 0 Å². The molecule has 22 heavy (non-hydrogen) atoms. The van der Waals surface area contributed by atoms with Gasteiger partial charge in [0.25, 0.3) is 0 Å². The number of nitrogens with two attached hydrogens (primary N) is 1. The minimum Gasteiger partial charge on any atom is -0.493 e. The molecule has 0 atom stereocenters. The predicted molar refractivity (Wildman–Crippen MR) is 81.6 cm³/mol. The summed E-state index contributed by atoms with van der Waals surface area (Å²) in [5.74, 6) is 0.805. The summed E-state index contributed by atoms with van der Waals surface area (Å²) >= 11 is 0. The van der Waals surface area contributed by atoms with Gasteiger partial charge in [0.1, 0.15) is 0 Å². The first kappa shape index (κ1) is 17.6. The van der Waals surface area contributed by atoms with Crippen molar-refractivity contribution in [2.45, 2.75) is 6.92 Å². The first-order chi connectivity index (χ1) is 10.5. The lowest BCUT2D eigenvalue weighted by Gasteiger charge is -2.20. The van der Waals surface area contributed by atoms with Crippen LogP contribution in [0.3, 0.4) is 0 Å². The van der Waals surface area contributed by atoms with Crippen molar-refractivity contribution in [2.24, 2.45) is 5.73 Å². The number of imide groups is 1. The number of amides is 3. The fourth-order valence-corrected chi connectivity index (χ4v) is 1.88. The van der Waals surface area contributed by atoms with Crippen LogP contribution in [0.25, 0.3) is 0 Å². The molecule has 0 aliphatic heterocycles. The largest absolute Gasteiger partial charge is 0.493 e. The van der Waals surface area contributed by atoms with Gasteiger partial charge < -0.3 is 25.3 Å². The SMILES string of the molecule is COc1cc(NC(=O)N(CCN)C(C)=O)cc(OC)c1OC. The number of nitrogens with one attached hydrogen (secondary N) is 1. The highest BCUT2D eigenvalue weighted by atomic mass is 16.5. The molecule has 1 aromatic rings. The standard InChI is InChI=1S/C14H21N3O5/c1-9(18)17(6-5-15)14(19)16-10-7-11(20-2)13(22-4)12(8-10)21-3/h7-8H,5-6,15H2,1-4H3,(H,16,19). The van der Waals surface area contributed by atoms with Crippen molar-refractivity contribution in [3.8, 4) is 17.2 Å². The number of benzene rings is 1. The summed E-state index contributed by atoms with van der Waals surface area (Å²) in [5, 5.41) is 2.60. The smallest absolute Gasteiger partial charge is 0.328 e. The van der Waals surface area contributed by atoms with E-state index >= 15 is 0 Å². The van der Waals surface area contributed by atoms with Crippen LogP contribution in [0.4, 0.5) is 10.5 Å². The van der Waals surface area contributed by atoms with Gasteiger partial charge in [-0.25, -0.2) is 4.79 Å². The van der Waals surface area contributed by atoms with Crippen LogP contribution >= 0.6 is 0 Å². The monoisotopic (exact) mass is 311 g/mol. The van der Waals surface area contributed by atoms with Crippen molar-refractivity contribution in [1.82, 2.24) is 4.90 Å². The molecule has 1 aromatic carbocycles. The highest BCUT2D eigenvalue weighted by Crippen LogP contribution is 2.39. The molecule has 0 saturated carbocycles. The number of urea groups is 1.